The van der Waals surface area contributed by atoms with Crippen molar-refractivity contribution in [2.45, 2.75) is 32.2 Å². The lowest BCUT2D eigenvalue weighted by molar-refractivity contribution is -0.137. The summed E-state index contributed by atoms with van der Waals surface area (Å²) in [5.74, 6) is -0.377. The van der Waals surface area contributed by atoms with E-state index in [2.05, 4.69) is 39.6 Å². The molecule has 7 nitrogen and oxygen atoms in total. The van der Waals surface area contributed by atoms with Crippen molar-refractivity contribution in [3.63, 3.8) is 0 Å². The molecule has 8 heteroatoms. The van der Waals surface area contributed by atoms with Crippen molar-refractivity contribution in [1.29, 1.82) is 0 Å². The number of carboxylic acids is 1. The van der Waals surface area contributed by atoms with E-state index in [1.54, 1.807) is 12.1 Å². The monoisotopic (exact) mass is 585 g/mol. The number of nitrogens with zero attached hydrogens (tertiary/aromatic N) is 2. The second-order valence-electron chi connectivity index (χ2n) is 9.40. The minimum atomic E-state index is -0.917. The Morgan fingerprint density at radius 3 is 2.46 bits per heavy atom. The summed E-state index contributed by atoms with van der Waals surface area (Å²) in [7, 11) is 1.61. The number of rotatable bonds is 8. The molecule has 1 aliphatic heterocycles. The maximum atomic E-state index is 13.4. The van der Waals surface area contributed by atoms with Crippen LogP contribution in [0, 0.1) is 6.92 Å². The highest BCUT2D eigenvalue weighted by Crippen LogP contribution is 2.41. The van der Waals surface area contributed by atoms with Crippen LogP contribution in [0.4, 0.5) is 0 Å². The molecule has 0 fully saturated rings. The van der Waals surface area contributed by atoms with Crippen LogP contribution in [0.5, 0.6) is 5.75 Å². The molecule has 39 heavy (non-hydrogen) atoms. The Labute approximate surface area is 235 Å². The zero-order valence-corrected chi connectivity index (χ0v) is 23.2. The lowest BCUT2D eigenvalue weighted by atomic mass is 9.92. The summed E-state index contributed by atoms with van der Waals surface area (Å²) in [5.41, 5.74) is 9.72. The molecule has 0 saturated carbocycles. The fourth-order valence-corrected chi connectivity index (χ4v) is 5.34. The molecule has 1 atom stereocenters. The molecule has 1 aliphatic rings. The van der Waals surface area contributed by atoms with Crippen LogP contribution in [0.15, 0.2) is 83.3 Å². The molecule has 5 rings (SSSR count). The van der Waals surface area contributed by atoms with E-state index in [0.29, 0.717) is 0 Å². The number of methoxy groups -OCH3 is 1. The van der Waals surface area contributed by atoms with Crippen LogP contribution in [0.2, 0.25) is 0 Å². The summed E-state index contributed by atoms with van der Waals surface area (Å²) in [6.45, 7) is 1.98. The quantitative estimate of drug-likeness (QED) is 0.240. The molecule has 3 aromatic carbocycles. The van der Waals surface area contributed by atoms with Gasteiger partial charge in [0.15, 0.2) is 0 Å². The van der Waals surface area contributed by atoms with Gasteiger partial charge in [0.2, 0.25) is 5.91 Å². The van der Waals surface area contributed by atoms with Gasteiger partial charge in [-0.15, -0.1) is 0 Å². The number of aliphatic carboxylic acids is 1. The van der Waals surface area contributed by atoms with Crippen molar-refractivity contribution in [2.24, 2.45) is 0 Å². The second-order valence-corrected chi connectivity index (χ2v) is 10.3. The van der Waals surface area contributed by atoms with Crippen molar-refractivity contribution in [3.8, 4) is 16.9 Å². The number of nitrogens with one attached hydrogen (secondary N) is 1. The van der Waals surface area contributed by atoms with Gasteiger partial charge in [0.25, 0.3) is 0 Å². The average molecular weight is 586 g/mol. The third kappa shape index (κ3) is 5.52. The Hall–Kier alpha value is -4.17. The third-order valence-electron chi connectivity index (χ3n) is 6.81. The van der Waals surface area contributed by atoms with Crippen LogP contribution in [-0.2, 0) is 9.59 Å². The SMILES string of the molecule is COc1ccc([C@@H]2C=C(c3c(C)nc4ccc(Br)cc4c3-c3ccccc3)NN2C(=O)CCCC(=O)O)cc1. The molecule has 0 radical (unpaired) electrons. The van der Waals surface area contributed by atoms with Crippen LogP contribution in [0.1, 0.15) is 42.1 Å². The van der Waals surface area contributed by atoms with Crippen LogP contribution in [0.25, 0.3) is 27.7 Å². The Kier molecular flexibility index (Phi) is 7.65. The van der Waals surface area contributed by atoms with Gasteiger partial charge in [0.05, 0.1) is 24.4 Å². The van der Waals surface area contributed by atoms with E-state index in [-0.39, 0.29) is 25.2 Å². The molecule has 0 unspecified atom stereocenters. The van der Waals surface area contributed by atoms with Crippen molar-refractivity contribution in [3.05, 3.63) is 100 Å². The number of hydrogen-bond donors (Lipinski definition) is 2. The molecular formula is C31H28BrN3O4. The van der Waals surface area contributed by atoms with Gasteiger partial charge >= 0.3 is 5.97 Å². The summed E-state index contributed by atoms with van der Waals surface area (Å²) in [6, 6.07) is 23.4. The maximum Gasteiger partial charge on any atom is 0.303 e. The molecule has 0 spiro atoms. The molecule has 0 aliphatic carbocycles. The first-order valence-electron chi connectivity index (χ1n) is 12.7. The highest BCUT2D eigenvalue weighted by Gasteiger charge is 2.32. The standard InChI is InChI=1S/C31H28BrN3O4/c1-19-30(31(21-7-4-3-5-8-21)24-17-22(32)13-16-25(24)33-19)26-18-27(20-11-14-23(39-2)15-12-20)35(34-26)28(36)9-6-10-29(37)38/h3-5,7-8,11-18,27,34H,6,9-10H2,1-2H3,(H,37,38)/t27-/m0/s1. The fraction of sp³-hybridized carbons (Fsp3) is 0.194. The van der Waals surface area contributed by atoms with Gasteiger partial charge in [0, 0.05) is 39.5 Å². The van der Waals surface area contributed by atoms with E-state index in [1.165, 1.54) is 0 Å². The number of carboxylic acid groups (broad SMARTS) is 1. The van der Waals surface area contributed by atoms with Gasteiger partial charge in [-0.3, -0.25) is 20.0 Å². The van der Waals surface area contributed by atoms with Crippen molar-refractivity contribution >= 4 is 44.4 Å². The number of fused-ring (bicyclic) bond motifs is 1. The molecule has 0 saturated heterocycles. The van der Waals surface area contributed by atoms with Crippen LogP contribution < -0.4 is 10.2 Å². The first-order valence-corrected chi connectivity index (χ1v) is 13.5. The van der Waals surface area contributed by atoms with Gasteiger partial charge < -0.3 is 9.84 Å². The number of hydrazine groups is 1. The Morgan fingerprint density at radius 2 is 1.77 bits per heavy atom. The second kappa shape index (κ2) is 11.3. The normalized spacial score (nSPS) is 14.7. The van der Waals surface area contributed by atoms with Crippen molar-refractivity contribution in [1.82, 2.24) is 15.4 Å². The first kappa shape index (κ1) is 26.4. The van der Waals surface area contributed by atoms with Crippen LogP contribution >= 0.6 is 15.9 Å². The van der Waals surface area contributed by atoms with Crippen molar-refractivity contribution < 1.29 is 19.4 Å². The Balaban J connectivity index is 1.64. The van der Waals surface area contributed by atoms with Gasteiger partial charge in [-0.05, 0) is 60.9 Å². The van der Waals surface area contributed by atoms with E-state index < -0.39 is 12.0 Å². The summed E-state index contributed by atoms with van der Waals surface area (Å²) in [5, 5.41) is 11.7. The van der Waals surface area contributed by atoms with E-state index >= 15 is 0 Å². The predicted molar refractivity (Wildman–Crippen MR) is 155 cm³/mol. The number of ether oxygens (including phenoxy) is 1. The van der Waals surface area contributed by atoms with Gasteiger partial charge in [0.1, 0.15) is 5.75 Å². The molecular weight excluding hydrogens is 558 g/mol. The molecule has 4 aromatic rings. The van der Waals surface area contributed by atoms with E-state index in [1.807, 2.05) is 67.6 Å². The number of halogens is 1. The summed E-state index contributed by atoms with van der Waals surface area (Å²) < 4.78 is 6.27. The molecule has 1 aromatic heterocycles. The van der Waals surface area contributed by atoms with Crippen molar-refractivity contribution in [2.75, 3.05) is 7.11 Å². The lowest BCUT2D eigenvalue weighted by Crippen LogP contribution is -2.39. The predicted octanol–water partition coefficient (Wildman–Crippen LogP) is 6.67. The minimum Gasteiger partial charge on any atom is -0.497 e. The maximum absolute atomic E-state index is 13.4. The fourth-order valence-electron chi connectivity index (χ4n) is 4.98. The summed E-state index contributed by atoms with van der Waals surface area (Å²) >= 11 is 3.62. The topological polar surface area (TPSA) is 91.8 Å². The zero-order valence-electron chi connectivity index (χ0n) is 21.6. The number of aromatic nitrogens is 1. The number of carbonyl (C=O) groups is 2. The number of benzene rings is 3. The first-order chi connectivity index (χ1) is 18.9. The summed E-state index contributed by atoms with van der Waals surface area (Å²) in [4.78, 5) is 29.4. The lowest BCUT2D eigenvalue weighted by Gasteiger charge is -2.26. The van der Waals surface area contributed by atoms with E-state index in [0.717, 1.165) is 54.8 Å². The third-order valence-corrected chi connectivity index (χ3v) is 7.30. The average Bonchev–Trinajstić information content (AvgIpc) is 3.38. The minimum absolute atomic E-state index is 0.0617. The number of carbonyl (C=O) groups excluding carboxylic acids is 1. The summed E-state index contributed by atoms with van der Waals surface area (Å²) in [6.07, 6.45) is 2.35. The highest BCUT2D eigenvalue weighted by atomic mass is 79.9. The molecule has 2 heterocycles. The van der Waals surface area contributed by atoms with E-state index in [4.69, 9.17) is 14.8 Å². The smallest absolute Gasteiger partial charge is 0.303 e. The molecule has 2 N–H and O–H groups in total. The van der Waals surface area contributed by atoms with Gasteiger partial charge in [-0.25, -0.2) is 5.01 Å². The Morgan fingerprint density at radius 1 is 1.03 bits per heavy atom. The highest BCUT2D eigenvalue weighted by molar-refractivity contribution is 9.10. The number of hydrogen-bond acceptors (Lipinski definition) is 5. The molecule has 1 amide bonds. The zero-order chi connectivity index (χ0) is 27.5. The number of pyridine rings is 1. The molecule has 198 valence electrons. The largest absolute Gasteiger partial charge is 0.497 e. The van der Waals surface area contributed by atoms with Crippen LogP contribution in [0.3, 0.4) is 0 Å². The van der Waals surface area contributed by atoms with Gasteiger partial charge in [-0.2, -0.15) is 0 Å². The van der Waals surface area contributed by atoms with Crippen LogP contribution in [-0.4, -0.2) is 34.1 Å². The van der Waals surface area contributed by atoms with E-state index in [9.17, 15) is 9.59 Å². The number of amides is 1. The number of aryl methyl sites for hydroxylation is 1. The molecule has 0 bridgehead atoms. The van der Waals surface area contributed by atoms with Gasteiger partial charge in [-0.1, -0.05) is 58.4 Å². The Bertz CT molecular complexity index is 1570.